The number of anilines is 1. The Morgan fingerprint density at radius 1 is 1.06 bits per heavy atom. The Morgan fingerprint density at radius 2 is 1.79 bits per heavy atom. The van der Waals surface area contributed by atoms with E-state index < -0.39 is 10.0 Å². The molecule has 0 aliphatic rings. The van der Waals surface area contributed by atoms with E-state index in [2.05, 4.69) is 10.3 Å². The molecule has 1 aromatic heterocycles. The Balaban J connectivity index is 1.76. The molecule has 0 saturated carbocycles. The molecule has 2 amide bonds. The Kier molecular flexibility index (Phi) is 7.19. The van der Waals surface area contributed by atoms with Crippen LogP contribution in [-0.4, -0.2) is 67.2 Å². The monoisotopic (exact) mass is 471 g/mol. The van der Waals surface area contributed by atoms with Crippen LogP contribution in [0.25, 0.3) is 11.0 Å². The van der Waals surface area contributed by atoms with Crippen molar-refractivity contribution in [3.63, 3.8) is 0 Å². The van der Waals surface area contributed by atoms with Gasteiger partial charge >= 0.3 is 0 Å². The van der Waals surface area contributed by atoms with Gasteiger partial charge in [0.1, 0.15) is 5.82 Å². The number of aromatic nitrogens is 2. The lowest BCUT2D eigenvalue weighted by Gasteiger charge is -2.12. The van der Waals surface area contributed by atoms with E-state index >= 15 is 0 Å². The number of benzene rings is 2. The van der Waals surface area contributed by atoms with Gasteiger partial charge in [0.15, 0.2) is 0 Å². The quantitative estimate of drug-likeness (QED) is 0.544. The standard InChI is InChI=1S/C23H29N5O4S/c1-6-28-20-11-10-18(33(31,32)27(4)5)15-19(20)25-21(28)12-13-22(29)24-17-9-7-8-16(14-17)23(30)26(2)3/h7-11,14-15H,6,12-13H2,1-5H3,(H,24,29). The first-order valence-corrected chi connectivity index (χ1v) is 12.0. The first kappa shape index (κ1) is 24.4. The second kappa shape index (κ2) is 9.72. The third-order valence-corrected chi connectivity index (χ3v) is 7.08. The van der Waals surface area contributed by atoms with Crippen molar-refractivity contribution in [1.82, 2.24) is 18.8 Å². The van der Waals surface area contributed by atoms with Gasteiger partial charge in [-0.2, -0.15) is 0 Å². The van der Waals surface area contributed by atoms with E-state index in [4.69, 9.17) is 0 Å². The molecule has 1 heterocycles. The first-order chi connectivity index (χ1) is 15.5. The van der Waals surface area contributed by atoms with Crippen molar-refractivity contribution in [2.75, 3.05) is 33.5 Å². The summed E-state index contributed by atoms with van der Waals surface area (Å²) in [4.78, 5) is 30.9. The zero-order valence-electron chi connectivity index (χ0n) is 19.5. The zero-order chi connectivity index (χ0) is 24.3. The second-order valence-electron chi connectivity index (χ2n) is 8.04. The fourth-order valence-electron chi connectivity index (χ4n) is 3.51. The number of nitrogens with zero attached hydrogens (tertiary/aromatic N) is 4. The number of amides is 2. The van der Waals surface area contributed by atoms with Gasteiger partial charge < -0.3 is 14.8 Å². The maximum absolute atomic E-state index is 12.5. The van der Waals surface area contributed by atoms with E-state index in [1.54, 1.807) is 56.6 Å². The van der Waals surface area contributed by atoms with Crippen molar-refractivity contribution in [3.8, 4) is 0 Å². The summed E-state index contributed by atoms with van der Waals surface area (Å²) in [6.07, 6.45) is 0.582. The molecule has 0 unspecified atom stereocenters. The van der Waals surface area contributed by atoms with Gasteiger partial charge in [0.25, 0.3) is 5.91 Å². The van der Waals surface area contributed by atoms with E-state index in [1.807, 2.05) is 11.5 Å². The summed E-state index contributed by atoms with van der Waals surface area (Å²) in [5.41, 5.74) is 2.44. The molecule has 0 radical (unpaired) electrons. The van der Waals surface area contributed by atoms with Crippen LogP contribution in [0.1, 0.15) is 29.5 Å². The summed E-state index contributed by atoms with van der Waals surface area (Å²) in [5.74, 6) is 0.368. The molecular weight excluding hydrogens is 442 g/mol. The lowest BCUT2D eigenvalue weighted by Crippen LogP contribution is -2.22. The molecule has 3 aromatic rings. The van der Waals surface area contributed by atoms with E-state index in [9.17, 15) is 18.0 Å². The lowest BCUT2D eigenvalue weighted by molar-refractivity contribution is -0.116. The van der Waals surface area contributed by atoms with Crippen LogP contribution in [0.2, 0.25) is 0 Å². The number of aryl methyl sites for hydroxylation is 2. The number of carbonyl (C=O) groups is 2. The van der Waals surface area contributed by atoms with Crippen molar-refractivity contribution < 1.29 is 18.0 Å². The summed E-state index contributed by atoms with van der Waals surface area (Å²) in [6, 6.07) is 11.7. The molecule has 33 heavy (non-hydrogen) atoms. The van der Waals surface area contributed by atoms with Gasteiger partial charge in [-0.3, -0.25) is 9.59 Å². The Labute approximate surface area is 194 Å². The number of fused-ring (bicyclic) bond motifs is 1. The van der Waals surface area contributed by atoms with Crippen LogP contribution in [0, 0.1) is 0 Å². The third-order valence-electron chi connectivity index (χ3n) is 5.27. The average molecular weight is 472 g/mol. The van der Waals surface area contributed by atoms with Crippen LogP contribution >= 0.6 is 0 Å². The van der Waals surface area contributed by atoms with Crippen LogP contribution in [0.5, 0.6) is 0 Å². The van der Waals surface area contributed by atoms with Crippen molar-refractivity contribution in [3.05, 3.63) is 53.9 Å². The minimum atomic E-state index is -3.56. The normalized spacial score (nSPS) is 11.7. The smallest absolute Gasteiger partial charge is 0.253 e. The summed E-state index contributed by atoms with van der Waals surface area (Å²) in [6.45, 7) is 2.62. The Morgan fingerprint density at radius 3 is 2.42 bits per heavy atom. The van der Waals surface area contributed by atoms with E-state index in [1.165, 1.54) is 19.0 Å². The predicted molar refractivity (Wildman–Crippen MR) is 128 cm³/mol. The summed E-state index contributed by atoms with van der Waals surface area (Å²) in [5, 5.41) is 2.83. The van der Waals surface area contributed by atoms with Crippen LogP contribution in [0.4, 0.5) is 5.69 Å². The molecule has 0 aliphatic carbocycles. The SMILES string of the molecule is CCn1c(CCC(=O)Nc2cccc(C(=O)N(C)C)c2)nc2cc(S(=O)(=O)N(C)C)ccc21. The molecule has 0 aliphatic heterocycles. The van der Waals surface area contributed by atoms with Crippen molar-refractivity contribution in [1.29, 1.82) is 0 Å². The molecule has 2 aromatic carbocycles. The highest BCUT2D eigenvalue weighted by Crippen LogP contribution is 2.23. The first-order valence-electron chi connectivity index (χ1n) is 10.6. The minimum absolute atomic E-state index is 0.140. The fourth-order valence-corrected chi connectivity index (χ4v) is 4.43. The summed E-state index contributed by atoms with van der Waals surface area (Å²) >= 11 is 0. The summed E-state index contributed by atoms with van der Waals surface area (Å²) in [7, 11) is 2.76. The van der Waals surface area contributed by atoms with Crippen molar-refractivity contribution >= 4 is 38.6 Å². The molecule has 10 heteroatoms. The molecule has 0 spiro atoms. The topological polar surface area (TPSA) is 105 Å². The maximum Gasteiger partial charge on any atom is 0.253 e. The van der Waals surface area contributed by atoms with E-state index in [0.717, 1.165) is 9.82 Å². The molecular formula is C23H29N5O4S. The van der Waals surface area contributed by atoms with Gasteiger partial charge in [0.2, 0.25) is 15.9 Å². The van der Waals surface area contributed by atoms with E-state index in [-0.39, 0.29) is 23.1 Å². The highest BCUT2D eigenvalue weighted by atomic mass is 32.2. The Hall–Kier alpha value is -3.24. The van der Waals surface area contributed by atoms with E-state index in [0.29, 0.717) is 35.6 Å². The number of imidazole rings is 1. The van der Waals surface area contributed by atoms with Gasteiger partial charge in [0, 0.05) is 58.8 Å². The molecule has 0 atom stereocenters. The van der Waals surface area contributed by atoms with Gasteiger partial charge in [-0.05, 0) is 43.3 Å². The lowest BCUT2D eigenvalue weighted by atomic mass is 10.1. The highest BCUT2D eigenvalue weighted by molar-refractivity contribution is 7.89. The van der Waals surface area contributed by atoms with Gasteiger partial charge in [0.05, 0.1) is 15.9 Å². The highest BCUT2D eigenvalue weighted by Gasteiger charge is 2.20. The molecule has 176 valence electrons. The number of rotatable bonds is 8. The number of nitrogens with one attached hydrogen (secondary N) is 1. The maximum atomic E-state index is 12.5. The van der Waals surface area contributed by atoms with Gasteiger partial charge in [-0.15, -0.1) is 0 Å². The predicted octanol–water partition coefficient (Wildman–Crippen LogP) is 2.58. The number of hydrogen-bond acceptors (Lipinski definition) is 5. The third kappa shape index (κ3) is 5.23. The van der Waals surface area contributed by atoms with Crippen LogP contribution in [0.3, 0.4) is 0 Å². The molecule has 0 saturated heterocycles. The minimum Gasteiger partial charge on any atom is -0.345 e. The Bertz CT molecular complexity index is 1300. The van der Waals surface area contributed by atoms with Crippen LogP contribution < -0.4 is 5.32 Å². The van der Waals surface area contributed by atoms with Crippen molar-refractivity contribution in [2.24, 2.45) is 0 Å². The average Bonchev–Trinajstić information content (AvgIpc) is 3.13. The van der Waals surface area contributed by atoms with Gasteiger partial charge in [-0.1, -0.05) is 6.07 Å². The largest absolute Gasteiger partial charge is 0.345 e. The van der Waals surface area contributed by atoms with Gasteiger partial charge in [-0.25, -0.2) is 17.7 Å². The number of carbonyl (C=O) groups excluding carboxylic acids is 2. The summed E-state index contributed by atoms with van der Waals surface area (Å²) < 4.78 is 28.0. The molecule has 1 N–H and O–H groups in total. The van der Waals surface area contributed by atoms with Crippen LogP contribution in [-0.2, 0) is 27.8 Å². The number of sulfonamides is 1. The van der Waals surface area contributed by atoms with Crippen LogP contribution in [0.15, 0.2) is 47.4 Å². The number of hydrogen-bond donors (Lipinski definition) is 1. The molecule has 9 nitrogen and oxygen atoms in total. The van der Waals surface area contributed by atoms with Crippen molar-refractivity contribution in [2.45, 2.75) is 31.2 Å². The molecule has 0 fully saturated rings. The zero-order valence-corrected chi connectivity index (χ0v) is 20.3. The molecule has 0 bridgehead atoms. The molecule has 3 rings (SSSR count). The second-order valence-corrected chi connectivity index (χ2v) is 10.2. The fraction of sp³-hybridized carbons (Fsp3) is 0.348.